The molecule has 0 fully saturated rings. The van der Waals surface area contributed by atoms with Gasteiger partial charge in [0.05, 0.1) is 35.0 Å². The van der Waals surface area contributed by atoms with E-state index in [0.29, 0.717) is 11.3 Å². The molecular formula is C63H39N3. The van der Waals surface area contributed by atoms with Gasteiger partial charge in [-0.2, -0.15) is 5.26 Å². The topological polar surface area (TPSA) is 31.4 Å². The molecule has 0 aromatic heterocycles. The van der Waals surface area contributed by atoms with Crippen molar-refractivity contribution in [3.8, 4) is 72.8 Å². The standard InChI is InChI=1S/C63H39N3/c1-65-49-29-32-53-52-31-26-42(41-64)36-58(52)63(59(53)39-49)57-25-15-14-24-51(57)54-33-30-50(40-60(54)63)66(61-34-27-47(43-16-6-2-7-17-43)37-55(61)45-20-10-4-11-21-45)62-35-28-48(44-18-8-3-9-19-44)38-56(62)46-22-12-5-13-23-46/h2-40H. The van der Waals surface area contributed by atoms with Crippen molar-refractivity contribution >= 4 is 22.7 Å². The van der Waals surface area contributed by atoms with E-state index in [1.807, 2.05) is 12.1 Å². The van der Waals surface area contributed by atoms with Gasteiger partial charge in [-0.3, -0.25) is 0 Å². The van der Waals surface area contributed by atoms with Gasteiger partial charge in [0, 0.05) is 16.8 Å². The molecule has 1 spiro atoms. The summed E-state index contributed by atoms with van der Waals surface area (Å²) in [5.74, 6) is 0. The number of rotatable bonds is 7. The number of anilines is 3. The van der Waals surface area contributed by atoms with Crippen LogP contribution in [0.4, 0.5) is 22.7 Å². The van der Waals surface area contributed by atoms with Crippen LogP contribution in [0.25, 0.3) is 71.6 Å². The summed E-state index contributed by atoms with van der Waals surface area (Å²) in [4.78, 5) is 6.41. The maximum Gasteiger partial charge on any atom is 0.187 e. The highest BCUT2D eigenvalue weighted by atomic mass is 15.1. The van der Waals surface area contributed by atoms with Gasteiger partial charge < -0.3 is 4.90 Å². The second-order valence-electron chi connectivity index (χ2n) is 17.0. The molecule has 306 valence electrons. The highest BCUT2D eigenvalue weighted by molar-refractivity contribution is 6.00. The molecule has 0 saturated carbocycles. The lowest BCUT2D eigenvalue weighted by Gasteiger charge is -2.34. The van der Waals surface area contributed by atoms with Crippen molar-refractivity contribution in [2.75, 3.05) is 4.90 Å². The molecule has 3 heteroatoms. The van der Waals surface area contributed by atoms with E-state index in [-0.39, 0.29) is 0 Å². The maximum atomic E-state index is 10.4. The summed E-state index contributed by atoms with van der Waals surface area (Å²) in [6, 6.07) is 86.5. The molecule has 0 N–H and O–H groups in total. The normalized spacial score (nSPS) is 13.8. The Balaban J connectivity index is 1.19. The predicted octanol–water partition coefficient (Wildman–Crippen LogP) is 16.6. The number of nitriles is 1. The molecule has 0 aliphatic heterocycles. The van der Waals surface area contributed by atoms with Gasteiger partial charge in [0.1, 0.15) is 0 Å². The fourth-order valence-electron chi connectivity index (χ4n) is 10.6. The second kappa shape index (κ2) is 15.7. The smallest absolute Gasteiger partial charge is 0.187 e. The first kappa shape index (κ1) is 38.6. The third-order valence-electron chi connectivity index (χ3n) is 13.5. The van der Waals surface area contributed by atoms with Crippen LogP contribution in [0, 0.1) is 17.9 Å². The van der Waals surface area contributed by atoms with Gasteiger partial charge in [-0.25, -0.2) is 4.85 Å². The molecule has 0 heterocycles. The van der Waals surface area contributed by atoms with E-state index in [9.17, 15) is 5.26 Å². The second-order valence-corrected chi connectivity index (χ2v) is 17.0. The van der Waals surface area contributed by atoms with E-state index < -0.39 is 5.41 Å². The number of benzene rings is 10. The molecule has 0 bridgehead atoms. The van der Waals surface area contributed by atoms with E-state index in [0.717, 1.165) is 106 Å². The summed E-state index contributed by atoms with van der Waals surface area (Å²) >= 11 is 0. The van der Waals surface area contributed by atoms with Crippen LogP contribution < -0.4 is 4.90 Å². The highest BCUT2D eigenvalue weighted by Crippen LogP contribution is 2.64. The fraction of sp³-hybridized carbons (Fsp3) is 0.0159. The van der Waals surface area contributed by atoms with Crippen molar-refractivity contribution in [3.05, 3.63) is 276 Å². The lowest BCUT2D eigenvalue weighted by atomic mass is 9.70. The Morgan fingerprint density at radius 1 is 0.364 bits per heavy atom. The third kappa shape index (κ3) is 6.03. The summed E-state index contributed by atoms with van der Waals surface area (Å²) in [6.07, 6.45) is 0. The van der Waals surface area contributed by atoms with Gasteiger partial charge in [-0.15, -0.1) is 0 Å². The van der Waals surface area contributed by atoms with E-state index in [2.05, 4.69) is 240 Å². The summed E-state index contributed by atoms with van der Waals surface area (Å²) < 4.78 is 0. The van der Waals surface area contributed by atoms with Gasteiger partial charge in [-0.1, -0.05) is 188 Å². The van der Waals surface area contributed by atoms with Crippen molar-refractivity contribution in [1.82, 2.24) is 0 Å². The zero-order chi connectivity index (χ0) is 44.2. The van der Waals surface area contributed by atoms with E-state index in [1.165, 1.54) is 0 Å². The molecule has 66 heavy (non-hydrogen) atoms. The van der Waals surface area contributed by atoms with Gasteiger partial charge >= 0.3 is 0 Å². The van der Waals surface area contributed by atoms with Crippen molar-refractivity contribution in [2.45, 2.75) is 5.41 Å². The highest BCUT2D eigenvalue weighted by Gasteiger charge is 2.52. The molecule has 12 rings (SSSR count). The molecule has 10 aromatic rings. The Morgan fingerprint density at radius 3 is 1.36 bits per heavy atom. The first-order valence-electron chi connectivity index (χ1n) is 22.3. The Labute approximate surface area is 385 Å². The minimum atomic E-state index is -0.787. The molecule has 0 radical (unpaired) electrons. The van der Waals surface area contributed by atoms with Crippen LogP contribution in [0.1, 0.15) is 27.8 Å². The average molecular weight is 838 g/mol. The number of fused-ring (bicyclic) bond motifs is 10. The number of nitrogens with zero attached hydrogens (tertiary/aromatic N) is 3. The first-order chi connectivity index (χ1) is 32.6. The van der Waals surface area contributed by atoms with Crippen LogP contribution in [0.15, 0.2) is 237 Å². The van der Waals surface area contributed by atoms with Crippen LogP contribution in [-0.2, 0) is 5.41 Å². The quantitative estimate of drug-likeness (QED) is 0.150. The van der Waals surface area contributed by atoms with Crippen LogP contribution in [0.3, 0.4) is 0 Å². The first-order valence-corrected chi connectivity index (χ1v) is 22.3. The van der Waals surface area contributed by atoms with Gasteiger partial charge in [0.15, 0.2) is 5.69 Å². The van der Waals surface area contributed by atoms with E-state index >= 15 is 0 Å². The van der Waals surface area contributed by atoms with Crippen LogP contribution >= 0.6 is 0 Å². The lowest BCUT2D eigenvalue weighted by Crippen LogP contribution is -2.26. The largest absolute Gasteiger partial charge is 0.309 e. The molecule has 2 aliphatic carbocycles. The van der Waals surface area contributed by atoms with Crippen molar-refractivity contribution in [3.63, 3.8) is 0 Å². The van der Waals surface area contributed by atoms with Gasteiger partial charge in [-0.05, 0) is 126 Å². The minimum absolute atomic E-state index is 0.585. The number of hydrogen-bond donors (Lipinski definition) is 0. The monoisotopic (exact) mass is 837 g/mol. The zero-order valence-electron chi connectivity index (χ0n) is 35.9. The molecule has 1 atom stereocenters. The Kier molecular flexibility index (Phi) is 9.16. The van der Waals surface area contributed by atoms with E-state index in [1.54, 1.807) is 0 Å². The van der Waals surface area contributed by atoms with Crippen LogP contribution in [-0.4, -0.2) is 0 Å². The average Bonchev–Trinajstić information content (AvgIpc) is 3.86. The van der Waals surface area contributed by atoms with Gasteiger partial charge in [0.25, 0.3) is 0 Å². The maximum absolute atomic E-state index is 10.4. The molecule has 3 nitrogen and oxygen atoms in total. The molecule has 0 saturated heterocycles. The molecule has 1 unspecified atom stereocenters. The summed E-state index contributed by atoms with van der Waals surface area (Å²) in [5, 5.41) is 10.4. The van der Waals surface area contributed by atoms with Crippen molar-refractivity contribution < 1.29 is 0 Å². The van der Waals surface area contributed by atoms with Crippen molar-refractivity contribution in [2.24, 2.45) is 0 Å². The molecule has 2 aliphatic rings. The summed E-state index contributed by atoms with van der Waals surface area (Å²) in [7, 11) is 0. The summed E-state index contributed by atoms with van der Waals surface area (Å²) in [6.45, 7) is 8.16. The van der Waals surface area contributed by atoms with Gasteiger partial charge in [0.2, 0.25) is 0 Å². The molecule has 0 amide bonds. The Bertz CT molecular complexity index is 3410. The summed E-state index contributed by atoms with van der Waals surface area (Å²) in [5.41, 5.74) is 21.3. The predicted molar refractivity (Wildman–Crippen MR) is 270 cm³/mol. The minimum Gasteiger partial charge on any atom is -0.309 e. The molecule has 10 aromatic carbocycles. The van der Waals surface area contributed by atoms with Crippen LogP contribution in [0.2, 0.25) is 0 Å². The fourth-order valence-corrected chi connectivity index (χ4v) is 10.6. The van der Waals surface area contributed by atoms with Crippen LogP contribution in [0.5, 0.6) is 0 Å². The lowest BCUT2D eigenvalue weighted by molar-refractivity contribution is 0.794. The Hall–Kier alpha value is -9.02. The number of hydrogen-bond acceptors (Lipinski definition) is 2. The zero-order valence-corrected chi connectivity index (χ0v) is 35.9. The van der Waals surface area contributed by atoms with Crippen molar-refractivity contribution in [1.29, 1.82) is 5.26 Å². The molecular weight excluding hydrogens is 799 g/mol. The van der Waals surface area contributed by atoms with E-state index in [4.69, 9.17) is 6.57 Å². The third-order valence-corrected chi connectivity index (χ3v) is 13.5. The Morgan fingerprint density at radius 2 is 0.818 bits per heavy atom. The SMILES string of the molecule is [C-]#[N+]c1ccc2c(c1)C1(c3ccccc3-c3ccc(N(c4ccc(-c5ccccc5)cc4-c4ccccc4)c4ccc(-c5ccccc5)cc4-c4ccccc4)cc31)c1cc(C#N)ccc1-2.